The maximum Gasteiger partial charge on any atom is 0.0133 e. The first-order valence-corrected chi connectivity index (χ1v) is 7.07. The van der Waals surface area contributed by atoms with Crippen molar-refractivity contribution in [3.8, 4) is 0 Å². The van der Waals surface area contributed by atoms with E-state index < -0.39 is 0 Å². The van der Waals surface area contributed by atoms with E-state index in [0.717, 1.165) is 11.2 Å². The van der Waals surface area contributed by atoms with Gasteiger partial charge in [0.15, 0.2) is 0 Å². The van der Waals surface area contributed by atoms with E-state index in [9.17, 15) is 0 Å². The summed E-state index contributed by atoms with van der Waals surface area (Å²) in [5.74, 6) is 0.943. The van der Waals surface area contributed by atoms with Crippen molar-refractivity contribution in [1.29, 1.82) is 0 Å². The summed E-state index contributed by atoms with van der Waals surface area (Å²) in [6, 6.07) is 0. The van der Waals surface area contributed by atoms with E-state index in [0.29, 0.717) is 5.54 Å². The topological polar surface area (TPSA) is 12.0 Å². The molecule has 0 saturated heterocycles. The van der Waals surface area contributed by atoms with Crippen LogP contribution < -0.4 is 5.32 Å². The Kier molecular flexibility index (Phi) is 5.47. The molecule has 0 aromatic carbocycles. The predicted molar refractivity (Wildman–Crippen MR) is 67.1 cm³/mol. The van der Waals surface area contributed by atoms with Gasteiger partial charge in [-0.05, 0) is 45.6 Å². The Hall–Kier alpha value is 0.440. The molecular weight excluding hydrogens is 238 g/mol. The van der Waals surface area contributed by atoms with E-state index in [2.05, 4.69) is 35.1 Å². The lowest BCUT2D eigenvalue weighted by atomic mass is 9.88. The molecule has 0 aromatic rings. The number of alkyl halides is 1. The second-order valence-electron chi connectivity index (χ2n) is 5.21. The number of hydrogen-bond acceptors (Lipinski definition) is 1. The first-order chi connectivity index (χ1) is 6.64. The van der Waals surface area contributed by atoms with Crippen molar-refractivity contribution in [2.24, 2.45) is 5.92 Å². The Bertz CT molecular complexity index is 150. The Morgan fingerprint density at radius 3 is 2.43 bits per heavy atom. The highest BCUT2D eigenvalue weighted by Gasteiger charge is 2.19. The van der Waals surface area contributed by atoms with Gasteiger partial charge in [-0.1, -0.05) is 35.2 Å². The summed E-state index contributed by atoms with van der Waals surface area (Å²) in [7, 11) is 0. The van der Waals surface area contributed by atoms with Crippen LogP contribution >= 0.6 is 15.9 Å². The lowest BCUT2D eigenvalue weighted by Gasteiger charge is -2.30. The summed E-state index contributed by atoms with van der Waals surface area (Å²) < 4.78 is 0. The van der Waals surface area contributed by atoms with Crippen LogP contribution in [0.1, 0.15) is 52.4 Å². The Balaban J connectivity index is 2.17. The first kappa shape index (κ1) is 12.5. The van der Waals surface area contributed by atoms with Crippen LogP contribution in [0.5, 0.6) is 0 Å². The molecule has 0 unspecified atom stereocenters. The summed E-state index contributed by atoms with van der Waals surface area (Å²) in [6.45, 7) is 5.83. The number of nitrogens with one attached hydrogen (secondary N) is 1. The zero-order valence-corrected chi connectivity index (χ0v) is 11.2. The van der Waals surface area contributed by atoms with Gasteiger partial charge in [-0.3, -0.25) is 0 Å². The fourth-order valence-corrected chi connectivity index (χ4v) is 3.13. The van der Waals surface area contributed by atoms with Crippen LogP contribution in [0.15, 0.2) is 0 Å². The van der Waals surface area contributed by atoms with Crippen molar-refractivity contribution in [2.45, 2.75) is 57.9 Å². The molecular formula is C12H24BrN. The standard InChI is InChI=1S/C12H24BrN/c1-12(2,8-9-13)14-10-11-6-4-3-5-7-11/h11,14H,3-10H2,1-2H3. The second kappa shape index (κ2) is 6.12. The minimum Gasteiger partial charge on any atom is -0.311 e. The molecule has 1 aliphatic carbocycles. The number of halogens is 1. The first-order valence-electron chi connectivity index (χ1n) is 5.95. The minimum absolute atomic E-state index is 0.306. The van der Waals surface area contributed by atoms with Crippen molar-refractivity contribution in [3.63, 3.8) is 0 Å². The molecule has 14 heavy (non-hydrogen) atoms. The Morgan fingerprint density at radius 2 is 1.86 bits per heavy atom. The number of rotatable bonds is 5. The van der Waals surface area contributed by atoms with Crippen molar-refractivity contribution in [2.75, 3.05) is 11.9 Å². The normalized spacial score (nSPS) is 19.9. The van der Waals surface area contributed by atoms with E-state index >= 15 is 0 Å². The van der Waals surface area contributed by atoms with Crippen LogP contribution in [0.2, 0.25) is 0 Å². The molecule has 0 amide bonds. The highest BCUT2D eigenvalue weighted by Crippen LogP contribution is 2.23. The summed E-state index contributed by atoms with van der Waals surface area (Å²) in [6.07, 6.45) is 8.45. The maximum atomic E-state index is 3.70. The molecule has 0 spiro atoms. The van der Waals surface area contributed by atoms with Gasteiger partial charge in [0.25, 0.3) is 0 Å². The van der Waals surface area contributed by atoms with Crippen LogP contribution in [-0.4, -0.2) is 17.4 Å². The van der Waals surface area contributed by atoms with Gasteiger partial charge >= 0.3 is 0 Å². The fraction of sp³-hybridized carbons (Fsp3) is 1.00. The molecule has 1 nitrogen and oxygen atoms in total. The molecule has 0 heterocycles. The molecule has 1 rings (SSSR count). The van der Waals surface area contributed by atoms with E-state index in [1.54, 1.807) is 0 Å². The molecule has 0 bridgehead atoms. The SMILES string of the molecule is CC(C)(CCBr)NCC1CCCCC1. The maximum absolute atomic E-state index is 3.70. The molecule has 0 radical (unpaired) electrons. The van der Waals surface area contributed by atoms with Gasteiger partial charge in [0, 0.05) is 10.9 Å². The molecule has 0 aliphatic heterocycles. The van der Waals surface area contributed by atoms with Crippen molar-refractivity contribution in [3.05, 3.63) is 0 Å². The van der Waals surface area contributed by atoms with Gasteiger partial charge in [-0.15, -0.1) is 0 Å². The molecule has 1 fully saturated rings. The Morgan fingerprint density at radius 1 is 1.21 bits per heavy atom. The third kappa shape index (κ3) is 4.79. The largest absolute Gasteiger partial charge is 0.311 e. The van der Waals surface area contributed by atoms with E-state index in [-0.39, 0.29) is 0 Å². The zero-order chi connectivity index (χ0) is 10.4. The zero-order valence-electron chi connectivity index (χ0n) is 9.61. The lowest BCUT2D eigenvalue weighted by Crippen LogP contribution is -2.42. The van der Waals surface area contributed by atoms with Crippen LogP contribution in [-0.2, 0) is 0 Å². The van der Waals surface area contributed by atoms with Crippen LogP contribution in [0.4, 0.5) is 0 Å². The molecule has 2 heteroatoms. The third-order valence-corrected chi connectivity index (χ3v) is 3.71. The number of hydrogen-bond donors (Lipinski definition) is 1. The van der Waals surface area contributed by atoms with E-state index in [1.807, 2.05) is 0 Å². The van der Waals surface area contributed by atoms with Crippen molar-refractivity contribution in [1.82, 2.24) is 5.32 Å². The monoisotopic (exact) mass is 261 g/mol. The van der Waals surface area contributed by atoms with Gasteiger partial charge in [-0.25, -0.2) is 0 Å². The van der Waals surface area contributed by atoms with Crippen LogP contribution in [0, 0.1) is 5.92 Å². The smallest absolute Gasteiger partial charge is 0.0133 e. The van der Waals surface area contributed by atoms with Gasteiger partial charge in [0.05, 0.1) is 0 Å². The minimum atomic E-state index is 0.306. The van der Waals surface area contributed by atoms with Crippen molar-refractivity contribution < 1.29 is 0 Å². The average Bonchev–Trinajstić information content (AvgIpc) is 2.17. The fourth-order valence-electron chi connectivity index (χ4n) is 2.14. The van der Waals surface area contributed by atoms with Crippen LogP contribution in [0.3, 0.4) is 0 Å². The highest BCUT2D eigenvalue weighted by atomic mass is 79.9. The molecule has 1 saturated carbocycles. The van der Waals surface area contributed by atoms with Crippen molar-refractivity contribution >= 4 is 15.9 Å². The average molecular weight is 262 g/mol. The Labute approximate surface area is 97.2 Å². The third-order valence-electron chi connectivity index (χ3n) is 3.31. The molecule has 1 N–H and O–H groups in total. The predicted octanol–water partition coefficient (Wildman–Crippen LogP) is 3.72. The van der Waals surface area contributed by atoms with E-state index in [1.165, 1.54) is 45.1 Å². The quantitative estimate of drug-likeness (QED) is 0.744. The van der Waals surface area contributed by atoms with Gasteiger partial charge in [-0.2, -0.15) is 0 Å². The highest BCUT2D eigenvalue weighted by molar-refractivity contribution is 9.09. The molecule has 0 atom stereocenters. The lowest BCUT2D eigenvalue weighted by molar-refractivity contribution is 0.290. The summed E-state index contributed by atoms with van der Waals surface area (Å²) in [5, 5.41) is 4.79. The van der Waals surface area contributed by atoms with Gasteiger partial charge < -0.3 is 5.32 Å². The van der Waals surface area contributed by atoms with E-state index in [4.69, 9.17) is 0 Å². The van der Waals surface area contributed by atoms with Gasteiger partial charge in [0.2, 0.25) is 0 Å². The summed E-state index contributed by atoms with van der Waals surface area (Å²) in [4.78, 5) is 0. The molecule has 1 aliphatic rings. The summed E-state index contributed by atoms with van der Waals surface area (Å²) >= 11 is 3.51. The van der Waals surface area contributed by atoms with Gasteiger partial charge in [0.1, 0.15) is 0 Å². The molecule has 84 valence electrons. The second-order valence-corrected chi connectivity index (χ2v) is 6.00. The summed E-state index contributed by atoms with van der Waals surface area (Å²) in [5.41, 5.74) is 0.306. The van der Waals surface area contributed by atoms with Crippen LogP contribution in [0.25, 0.3) is 0 Å². The molecule has 0 aromatic heterocycles.